The standard InChI is InChI=1S/C12H13ClO2/c13-11-4-2-1-3-9(11)10-6-5-8(14)7-12(10)15/h1-4,8,10,14H,5-7H2/t8-,10?/m1/s1. The monoisotopic (exact) mass is 224 g/mol. The second-order valence-electron chi connectivity index (χ2n) is 3.98. The van der Waals surface area contributed by atoms with E-state index >= 15 is 0 Å². The van der Waals surface area contributed by atoms with Crippen LogP contribution in [0.15, 0.2) is 24.3 Å². The van der Waals surface area contributed by atoms with Gasteiger partial charge >= 0.3 is 0 Å². The summed E-state index contributed by atoms with van der Waals surface area (Å²) < 4.78 is 0. The lowest BCUT2D eigenvalue weighted by atomic mass is 9.82. The van der Waals surface area contributed by atoms with Crippen LogP contribution < -0.4 is 0 Å². The van der Waals surface area contributed by atoms with E-state index in [-0.39, 0.29) is 18.1 Å². The highest BCUT2D eigenvalue weighted by Crippen LogP contribution is 2.33. The van der Waals surface area contributed by atoms with Crippen LogP contribution in [-0.4, -0.2) is 17.0 Å². The van der Waals surface area contributed by atoms with Gasteiger partial charge in [0.15, 0.2) is 0 Å². The van der Waals surface area contributed by atoms with Crippen LogP contribution in [0.2, 0.25) is 5.02 Å². The maximum Gasteiger partial charge on any atom is 0.142 e. The maximum atomic E-state index is 11.7. The molecular weight excluding hydrogens is 212 g/mol. The van der Waals surface area contributed by atoms with E-state index in [2.05, 4.69) is 0 Å². The highest BCUT2D eigenvalue weighted by atomic mass is 35.5. The van der Waals surface area contributed by atoms with Gasteiger partial charge in [0.05, 0.1) is 6.10 Å². The number of halogens is 1. The SMILES string of the molecule is O=C1C[C@H](O)CCC1c1ccccc1Cl. The Kier molecular flexibility index (Phi) is 3.08. The summed E-state index contributed by atoms with van der Waals surface area (Å²) in [6.45, 7) is 0. The Morgan fingerprint density at radius 1 is 1.27 bits per heavy atom. The Morgan fingerprint density at radius 2 is 2.00 bits per heavy atom. The molecule has 1 unspecified atom stereocenters. The molecule has 0 heterocycles. The number of hydrogen-bond donors (Lipinski definition) is 1. The van der Waals surface area contributed by atoms with Crippen LogP contribution in [-0.2, 0) is 4.79 Å². The molecule has 1 aromatic rings. The van der Waals surface area contributed by atoms with Crippen LogP contribution in [0, 0.1) is 0 Å². The molecule has 0 saturated heterocycles. The van der Waals surface area contributed by atoms with Crippen molar-refractivity contribution >= 4 is 17.4 Å². The fourth-order valence-corrected chi connectivity index (χ4v) is 2.35. The van der Waals surface area contributed by atoms with Crippen LogP contribution in [0.4, 0.5) is 0 Å². The van der Waals surface area contributed by atoms with Crippen LogP contribution in [0.5, 0.6) is 0 Å². The Balaban J connectivity index is 2.24. The van der Waals surface area contributed by atoms with E-state index in [4.69, 9.17) is 11.6 Å². The first-order chi connectivity index (χ1) is 7.18. The van der Waals surface area contributed by atoms with Gasteiger partial charge in [-0.3, -0.25) is 4.79 Å². The third-order valence-corrected chi connectivity index (χ3v) is 3.24. The molecule has 0 radical (unpaired) electrons. The zero-order valence-corrected chi connectivity index (χ0v) is 9.07. The third kappa shape index (κ3) is 2.21. The second-order valence-corrected chi connectivity index (χ2v) is 4.38. The molecule has 0 spiro atoms. The Bertz CT molecular complexity index is 376. The van der Waals surface area contributed by atoms with Gasteiger partial charge in [-0.25, -0.2) is 0 Å². The molecule has 0 bridgehead atoms. The summed E-state index contributed by atoms with van der Waals surface area (Å²) in [5.41, 5.74) is 0.899. The van der Waals surface area contributed by atoms with Crippen molar-refractivity contribution < 1.29 is 9.90 Å². The predicted octanol–water partition coefficient (Wildman–Crippen LogP) is 2.54. The fraction of sp³-hybridized carbons (Fsp3) is 0.417. The molecular formula is C12H13ClO2. The summed E-state index contributed by atoms with van der Waals surface area (Å²) in [6, 6.07) is 7.44. The van der Waals surface area contributed by atoms with Gasteiger partial charge in [-0.2, -0.15) is 0 Å². The molecule has 1 saturated carbocycles. The Hall–Kier alpha value is -0.860. The first-order valence-electron chi connectivity index (χ1n) is 5.13. The highest BCUT2D eigenvalue weighted by molar-refractivity contribution is 6.31. The van der Waals surface area contributed by atoms with Crippen molar-refractivity contribution in [3.63, 3.8) is 0 Å². The van der Waals surface area contributed by atoms with Crippen LogP contribution in [0.1, 0.15) is 30.7 Å². The minimum Gasteiger partial charge on any atom is -0.393 e. The average Bonchev–Trinajstić information content (AvgIpc) is 2.20. The molecule has 1 aromatic carbocycles. The highest BCUT2D eigenvalue weighted by Gasteiger charge is 2.29. The van der Waals surface area contributed by atoms with E-state index in [1.165, 1.54) is 0 Å². The topological polar surface area (TPSA) is 37.3 Å². The molecule has 1 fully saturated rings. The second kappa shape index (κ2) is 4.33. The van der Waals surface area contributed by atoms with Gasteiger partial charge in [0, 0.05) is 17.4 Å². The first kappa shape index (κ1) is 10.7. The molecule has 2 nitrogen and oxygen atoms in total. The Morgan fingerprint density at radius 3 is 2.67 bits per heavy atom. The molecule has 80 valence electrons. The number of hydrogen-bond acceptors (Lipinski definition) is 2. The van der Waals surface area contributed by atoms with Crippen molar-refractivity contribution in [2.45, 2.75) is 31.3 Å². The zero-order chi connectivity index (χ0) is 10.8. The van der Waals surface area contributed by atoms with E-state index in [9.17, 15) is 9.90 Å². The molecule has 3 heteroatoms. The fourth-order valence-electron chi connectivity index (χ4n) is 2.08. The normalized spacial score (nSPS) is 26.7. The van der Waals surface area contributed by atoms with Crippen molar-refractivity contribution in [3.05, 3.63) is 34.9 Å². The molecule has 15 heavy (non-hydrogen) atoms. The lowest BCUT2D eigenvalue weighted by Crippen LogP contribution is -2.26. The lowest BCUT2D eigenvalue weighted by molar-refractivity contribution is -0.124. The average molecular weight is 225 g/mol. The largest absolute Gasteiger partial charge is 0.393 e. The third-order valence-electron chi connectivity index (χ3n) is 2.89. The van der Waals surface area contributed by atoms with Crippen molar-refractivity contribution in [3.8, 4) is 0 Å². The van der Waals surface area contributed by atoms with Crippen molar-refractivity contribution in [2.24, 2.45) is 0 Å². The Labute approximate surface area is 93.9 Å². The zero-order valence-electron chi connectivity index (χ0n) is 8.32. The van der Waals surface area contributed by atoms with E-state index < -0.39 is 6.10 Å². The molecule has 0 aromatic heterocycles. The summed E-state index contributed by atoms with van der Waals surface area (Å²) in [6.07, 6.45) is 1.18. The van der Waals surface area contributed by atoms with E-state index in [1.807, 2.05) is 18.2 Å². The van der Waals surface area contributed by atoms with Gasteiger partial charge < -0.3 is 5.11 Å². The molecule has 2 atom stereocenters. The van der Waals surface area contributed by atoms with E-state index in [0.29, 0.717) is 17.9 Å². The van der Waals surface area contributed by atoms with Gasteiger partial charge in [-0.15, -0.1) is 0 Å². The molecule has 1 aliphatic rings. The number of Topliss-reactive ketones (excluding diaryl/α,β-unsaturated/α-hetero) is 1. The van der Waals surface area contributed by atoms with Crippen LogP contribution >= 0.6 is 11.6 Å². The van der Waals surface area contributed by atoms with Crippen LogP contribution in [0.3, 0.4) is 0 Å². The van der Waals surface area contributed by atoms with E-state index in [1.54, 1.807) is 6.07 Å². The van der Waals surface area contributed by atoms with Gasteiger partial charge in [-0.1, -0.05) is 29.8 Å². The number of carbonyl (C=O) groups is 1. The molecule has 0 aliphatic heterocycles. The van der Waals surface area contributed by atoms with Gasteiger partial charge in [0.1, 0.15) is 5.78 Å². The molecule has 0 amide bonds. The van der Waals surface area contributed by atoms with Gasteiger partial charge in [0.25, 0.3) is 0 Å². The number of aliphatic hydroxyl groups is 1. The minimum absolute atomic E-state index is 0.0989. The van der Waals surface area contributed by atoms with Crippen molar-refractivity contribution in [1.29, 1.82) is 0 Å². The minimum atomic E-state index is -0.462. The lowest BCUT2D eigenvalue weighted by Gasteiger charge is -2.25. The van der Waals surface area contributed by atoms with Crippen molar-refractivity contribution in [2.75, 3.05) is 0 Å². The predicted molar refractivity (Wildman–Crippen MR) is 59.1 cm³/mol. The summed E-state index contributed by atoms with van der Waals surface area (Å²) >= 11 is 6.04. The van der Waals surface area contributed by atoms with Gasteiger partial charge in [-0.05, 0) is 24.5 Å². The number of benzene rings is 1. The molecule has 2 rings (SSSR count). The number of rotatable bonds is 1. The van der Waals surface area contributed by atoms with E-state index in [0.717, 1.165) is 5.56 Å². The maximum absolute atomic E-state index is 11.7. The number of aliphatic hydroxyl groups excluding tert-OH is 1. The summed E-state index contributed by atoms with van der Waals surface area (Å²) in [5.74, 6) is -0.0241. The summed E-state index contributed by atoms with van der Waals surface area (Å²) in [7, 11) is 0. The summed E-state index contributed by atoms with van der Waals surface area (Å²) in [4.78, 5) is 11.7. The number of ketones is 1. The van der Waals surface area contributed by atoms with Gasteiger partial charge in [0.2, 0.25) is 0 Å². The number of carbonyl (C=O) groups excluding carboxylic acids is 1. The quantitative estimate of drug-likeness (QED) is 0.796. The summed E-state index contributed by atoms with van der Waals surface area (Å²) in [5, 5.41) is 10.0. The molecule has 1 N–H and O–H groups in total. The van der Waals surface area contributed by atoms with Crippen molar-refractivity contribution in [1.82, 2.24) is 0 Å². The first-order valence-corrected chi connectivity index (χ1v) is 5.51. The smallest absolute Gasteiger partial charge is 0.142 e. The molecule has 1 aliphatic carbocycles. The van der Waals surface area contributed by atoms with Crippen LogP contribution in [0.25, 0.3) is 0 Å².